The van der Waals surface area contributed by atoms with E-state index in [9.17, 15) is 4.79 Å². The van der Waals surface area contributed by atoms with Crippen LogP contribution in [0.2, 0.25) is 0 Å². The van der Waals surface area contributed by atoms with Crippen LogP contribution in [-0.2, 0) is 9.53 Å². The van der Waals surface area contributed by atoms with E-state index in [4.69, 9.17) is 4.74 Å². The second-order valence-electron chi connectivity index (χ2n) is 4.24. The molecule has 6 heteroatoms. The summed E-state index contributed by atoms with van der Waals surface area (Å²) in [7, 11) is 0. The Hall–Kier alpha value is -2.11. The Balaban J connectivity index is 2.34. The van der Waals surface area contributed by atoms with Crippen molar-refractivity contribution in [3.05, 3.63) is 24.0 Å². The number of fused-ring (bicyclic) bond motifs is 1. The number of aromatic nitrogens is 3. The van der Waals surface area contributed by atoms with Crippen LogP contribution in [0.15, 0.2) is 18.5 Å². The SMILES string of the molecule is CCOC(=O)CN(CC)c1cc(C)cc2ncnn12. The molecule has 2 aromatic rings. The Labute approximate surface area is 112 Å². The summed E-state index contributed by atoms with van der Waals surface area (Å²) in [6, 6.07) is 3.94. The molecule has 0 aliphatic heterocycles. The highest BCUT2D eigenvalue weighted by atomic mass is 16.5. The van der Waals surface area contributed by atoms with Crippen LogP contribution in [0.4, 0.5) is 5.82 Å². The first-order valence-corrected chi connectivity index (χ1v) is 6.36. The fourth-order valence-corrected chi connectivity index (χ4v) is 1.98. The molecule has 2 heterocycles. The molecule has 2 rings (SSSR count). The zero-order valence-corrected chi connectivity index (χ0v) is 11.5. The number of ether oxygens (including phenoxy) is 1. The Morgan fingerprint density at radius 2 is 2.21 bits per heavy atom. The predicted octanol–water partition coefficient (Wildman–Crippen LogP) is 1.43. The fourth-order valence-electron chi connectivity index (χ4n) is 1.98. The molecule has 0 aromatic carbocycles. The van der Waals surface area contributed by atoms with E-state index in [1.807, 2.05) is 30.9 Å². The molecule has 0 bridgehead atoms. The van der Waals surface area contributed by atoms with E-state index in [1.54, 1.807) is 11.4 Å². The van der Waals surface area contributed by atoms with E-state index in [0.29, 0.717) is 13.2 Å². The van der Waals surface area contributed by atoms with Crippen LogP contribution >= 0.6 is 0 Å². The molecule has 0 fully saturated rings. The molecular weight excluding hydrogens is 244 g/mol. The quantitative estimate of drug-likeness (QED) is 0.763. The second-order valence-corrected chi connectivity index (χ2v) is 4.24. The van der Waals surface area contributed by atoms with Crippen LogP contribution in [0, 0.1) is 6.92 Å². The topological polar surface area (TPSA) is 59.7 Å². The van der Waals surface area contributed by atoms with Gasteiger partial charge in [-0.3, -0.25) is 4.79 Å². The Morgan fingerprint density at radius 3 is 2.89 bits per heavy atom. The standard InChI is InChI=1S/C13H18N4O2/c1-4-16(8-13(18)19-5-2)12-7-10(3)6-11-14-9-15-17(11)12/h6-7,9H,4-5,8H2,1-3H3. The van der Waals surface area contributed by atoms with Gasteiger partial charge in [0.1, 0.15) is 18.7 Å². The first kappa shape index (κ1) is 13.3. The number of aryl methyl sites for hydroxylation is 1. The normalized spacial score (nSPS) is 10.7. The summed E-state index contributed by atoms with van der Waals surface area (Å²) in [5, 5.41) is 4.19. The van der Waals surface area contributed by atoms with Crippen LogP contribution in [-0.4, -0.2) is 40.3 Å². The summed E-state index contributed by atoms with van der Waals surface area (Å²) in [4.78, 5) is 17.7. The third kappa shape index (κ3) is 2.83. The Bertz CT molecular complexity index is 579. The van der Waals surface area contributed by atoms with Crippen molar-refractivity contribution in [2.45, 2.75) is 20.8 Å². The average molecular weight is 262 g/mol. The average Bonchev–Trinajstić information content (AvgIpc) is 2.83. The molecule has 0 radical (unpaired) electrons. The van der Waals surface area contributed by atoms with Crippen LogP contribution in [0.25, 0.3) is 5.65 Å². The predicted molar refractivity (Wildman–Crippen MR) is 72.2 cm³/mol. The van der Waals surface area contributed by atoms with Crippen molar-refractivity contribution >= 4 is 17.4 Å². The molecule has 0 aliphatic carbocycles. The van der Waals surface area contributed by atoms with E-state index in [1.165, 1.54) is 6.33 Å². The number of carbonyl (C=O) groups excluding carboxylic acids is 1. The molecule has 102 valence electrons. The van der Waals surface area contributed by atoms with Gasteiger partial charge in [-0.2, -0.15) is 9.61 Å². The highest BCUT2D eigenvalue weighted by Crippen LogP contribution is 2.17. The van der Waals surface area contributed by atoms with Crippen molar-refractivity contribution in [3.63, 3.8) is 0 Å². The first-order chi connectivity index (χ1) is 9.15. The summed E-state index contributed by atoms with van der Waals surface area (Å²) in [6.07, 6.45) is 1.51. The van der Waals surface area contributed by atoms with Crippen molar-refractivity contribution in [2.75, 3.05) is 24.6 Å². The monoisotopic (exact) mass is 262 g/mol. The van der Waals surface area contributed by atoms with Gasteiger partial charge in [-0.15, -0.1) is 0 Å². The zero-order chi connectivity index (χ0) is 13.8. The number of anilines is 1. The van der Waals surface area contributed by atoms with Crippen molar-refractivity contribution in [1.82, 2.24) is 14.6 Å². The highest BCUT2D eigenvalue weighted by molar-refractivity contribution is 5.75. The molecule has 0 atom stereocenters. The lowest BCUT2D eigenvalue weighted by atomic mass is 10.2. The van der Waals surface area contributed by atoms with Crippen molar-refractivity contribution in [3.8, 4) is 0 Å². The van der Waals surface area contributed by atoms with E-state index in [-0.39, 0.29) is 12.5 Å². The van der Waals surface area contributed by atoms with Gasteiger partial charge in [0.25, 0.3) is 0 Å². The van der Waals surface area contributed by atoms with Gasteiger partial charge in [-0.25, -0.2) is 4.98 Å². The molecule has 0 N–H and O–H groups in total. The molecule has 0 spiro atoms. The lowest BCUT2D eigenvalue weighted by molar-refractivity contribution is -0.141. The molecule has 0 unspecified atom stereocenters. The minimum Gasteiger partial charge on any atom is -0.465 e. The lowest BCUT2D eigenvalue weighted by Crippen LogP contribution is -2.32. The molecule has 2 aromatic heterocycles. The summed E-state index contributed by atoms with van der Waals surface area (Å²) in [5.41, 5.74) is 1.86. The molecule has 0 amide bonds. The molecule has 0 saturated heterocycles. The van der Waals surface area contributed by atoms with Crippen LogP contribution in [0.3, 0.4) is 0 Å². The second kappa shape index (κ2) is 5.69. The number of carbonyl (C=O) groups is 1. The summed E-state index contributed by atoms with van der Waals surface area (Å²) in [5.74, 6) is 0.613. The lowest BCUT2D eigenvalue weighted by Gasteiger charge is -2.22. The van der Waals surface area contributed by atoms with Crippen molar-refractivity contribution < 1.29 is 9.53 Å². The number of likely N-dealkylation sites (N-methyl/N-ethyl adjacent to an activating group) is 1. The molecule has 19 heavy (non-hydrogen) atoms. The maximum absolute atomic E-state index is 11.6. The summed E-state index contributed by atoms with van der Waals surface area (Å²) in [6.45, 7) is 7.08. The minimum atomic E-state index is -0.237. The number of esters is 1. The van der Waals surface area contributed by atoms with Gasteiger partial charge in [-0.05, 0) is 38.5 Å². The number of hydrogen-bond donors (Lipinski definition) is 0. The van der Waals surface area contributed by atoms with Crippen molar-refractivity contribution in [2.24, 2.45) is 0 Å². The minimum absolute atomic E-state index is 0.211. The largest absolute Gasteiger partial charge is 0.465 e. The number of nitrogens with zero attached hydrogens (tertiary/aromatic N) is 4. The zero-order valence-electron chi connectivity index (χ0n) is 11.5. The molecule has 6 nitrogen and oxygen atoms in total. The highest BCUT2D eigenvalue weighted by Gasteiger charge is 2.15. The Kier molecular flexibility index (Phi) is 3.99. The van der Waals surface area contributed by atoms with Gasteiger partial charge in [0.2, 0.25) is 0 Å². The van der Waals surface area contributed by atoms with Crippen LogP contribution in [0.1, 0.15) is 19.4 Å². The maximum Gasteiger partial charge on any atom is 0.325 e. The fraction of sp³-hybridized carbons (Fsp3) is 0.462. The molecular formula is C13H18N4O2. The van der Waals surface area contributed by atoms with Gasteiger partial charge < -0.3 is 9.64 Å². The number of pyridine rings is 1. The number of rotatable bonds is 5. The van der Waals surface area contributed by atoms with Crippen LogP contribution in [0.5, 0.6) is 0 Å². The summed E-state index contributed by atoms with van der Waals surface area (Å²) < 4.78 is 6.73. The van der Waals surface area contributed by atoms with Gasteiger partial charge in [0.15, 0.2) is 5.65 Å². The first-order valence-electron chi connectivity index (χ1n) is 6.36. The smallest absolute Gasteiger partial charge is 0.325 e. The molecule has 0 aliphatic rings. The molecule has 0 saturated carbocycles. The van der Waals surface area contributed by atoms with E-state index in [2.05, 4.69) is 10.1 Å². The third-order valence-electron chi connectivity index (χ3n) is 2.84. The van der Waals surface area contributed by atoms with Crippen LogP contribution < -0.4 is 4.90 Å². The summed E-state index contributed by atoms with van der Waals surface area (Å²) >= 11 is 0. The van der Waals surface area contributed by atoms with Crippen molar-refractivity contribution in [1.29, 1.82) is 0 Å². The Morgan fingerprint density at radius 1 is 1.42 bits per heavy atom. The van der Waals surface area contributed by atoms with Gasteiger partial charge in [-0.1, -0.05) is 0 Å². The van der Waals surface area contributed by atoms with Gasteiger partial charge >= 0.3 is 5.97 Å². The third-order valence-corrected chi connectivity index (χ3v) is 2.84. The maximum atomic E-state index is 11.6. The van der Waals surface area contributed by atoms with Gasteiger partial charge in [0.05, 0.1) is 6.61 Å². The van der Waals surface area contributed by atoms with E-state index >= 15 is 0 Å². The van der Waals surface area contributed by atoms with Gasteiger partial charge in [0, 0.05) is 6.54 Å². The number of hydrogen-bond acceptors (Lipinski definition) is 5. The van der Waals surface area contributed by atoms with E-state index < -0.39 is 0 Å². The van der Waals surface area contributed by atoms with E-state index in [0.717, 1.165) is 17.0 Å².